The van der Waals surface area contributed by atoms with Crippen LogP contribution in [0, 0.1) is 12.8 Å². The van der Waals surface area contributed by atoms with Crippen molar-refractivity contribution in [2.24, 2.45) is 5.92 Å². The van der Waals surface area contributed by atoms with Crippen molar-refractivity contribution >= 4 is 16.1 Å². The number of esters is 1. The highest BCUT2D eigenvalue weighted by Crippen LogP contribution is 2.42. The van der Waals surface area contributed by atoms with Crippen LogP contribution in [0.1, 0.15) is 43.2 Å². The van der Waals surface area contributed by atoms with E-state index in [9.17, 15) is 22.9 Å². The van der Waals surface area contributed by atoms with Gasteiger partial charge in [-0.1, -0.05) is 60.9 Å². The fourth-order valence-corrected chi connectivity index (χ4v) is 5.30. The molecule has 2 aromatic carbocycles. The van der Waals surface area contributed by atoms with Crippen LogP contribution < -0.4 is 0 Å². The third-order valence-electron chi connectivity index (χ3n) is 6.81. The summed E-state index contributed by atoms with van der Waals surface area (Å²) >= 11 is 0. The highest BCUT2D eigenvalue weighted by Gasteiger charge is 2.49. The van der Waals surface area contributed by atoms with Crippen LogP contribution in [0.15, 0.2) is 59.5 Å². The summed E-state index contributed by atoms with van der Waals surface area (Å²) in [6, 6.07) is 15.1. The molecular formula is C26H35NO6S. The van der Waals surface area contributed by atoms with Gasteiger partial charge >= 0.3 is 5.97 Å². The minimum atomic E-state index is -4.27. The van der Waals surface area contributed by atoms with Gasteiger partial charge in [0.15, 0.2) is 11.7 Å². The number of hydrogen-bond donors (Lipinski definition) is 1. The van der Waals surface area contributed by atoms with Crippen LogP contribution in [0.4, 0.5) is 0 Å². The third-order valence-corrected chi connectivity index (χ3v) is 7.66. The van der Waals surface area contributed by atoms with Crippen LogP contribution in [-0.2, 0) is 25.3 Å². The highest BCUT2D eigenvalue weighted by atomic mass is 32.2. The summed E-state index contributed by atoms with van der Waals surface area (Å²) in [5.74, 6) is -0.496. The van der Waals surface area contributed by atoms with E-state index in [-0.39, 0.29) is 16.9 Å². The van der Waals surface area contributed by atoms with Crippen LogP contribution in [0.5, 0.6) is 0 Å². The number of benzene rings is 2. The summed E-state index contributed by atoms with van der Waals surface area (Å²) < 4.78 is 37.8. The van der Waals surface area contributed by atoms with Crippen molar-refractivity contribution in [3.63, 3.8) is 0 Å². The van der Waals surface area contributed by atoms with Crippen molar-refractivity contribution in [3.8, 4) is 0 Å². The summed E-state index contributed by atoms with van der Waals surface area (Å²) in [6.45, 7) is 3.65. The molecule has 1 unspecified atom stereocenters. The average molecular weight is 490 g/mol. The van der Waals surface area contributed by atoms with Gasteiger partial charge in [0.2, 0.25) is 0 Å². The van der Waals surface area contributed by atoms with Crippen molar-refractivity contribution in [3.05, 3.63) is 65.7 Å². The number of ether oxygens (including phenoxy) is 1. The fraction of sp³-hybridized carbons (Fsp3) is 0.500. The smallest absolute Gasteiger partial charge is 0.343 e. The maximum atomic E-state index is 12.9. The molecule has 8 heteroatoms. The molecule has 2 fully saturated rings. The molecule has 0 bridgehead atoms. The van der Waals surface area contributed by atoms with Gasteiger partial charge in [0.25, 0.3) is 0 Å². The Balaban J connectivity index is 0.000000248. The number of carbonyl (C=O) groups excluding carboxylic acids is 1. The molecule has 186 valence electrons. The van der Waals surface area contributed by atoms with Gasteiger partial charge in [-0.2, -0.15) is 0 Å². The van der Waals surface area contributed by atoms with E-state index in [1.54, 1.807) is 12.1 Å². The predicted octanol–water partition coefficient (Wildman–Crippen LogP) is 3.36. The minimum absolute atomic E-state index is 0.0405. The van der Waals surface area contributed by atoms with Gasteiger partial charge in [-0.25, -0.2) is 13.2 Å². The molecule has 34 heavy (non-hydrogen) atoms. The first kappa shape index (κ1) is 26.3. The van der Waals surface area contributed by atoms with E-state index in [1.165, 1.54) is 12.1 Å². The SMILES string of the molecule is C[N+]1(C)CC[C@@H](OC(=O)C(O)(c2ccccc2)C2CCCC2)C1.Cc1ccc(S(=O)(=O)[O-])cc1. The molecule has 1 aliphatic heterocycles. The van der Waals surface area contributed by atoms with E-state index >= 15 is 0 Å². The molecule has 7 nitrogen and oxygen atoms in total. The Bertz CT molecular complexity index is 1060. The largest absolute Gasteiger partial charge is 0.744 e. The second-order valence-corrected chi connectivity index (χ2v) is 11.4. The molecular weight excluding hydrogens is 454 g/mol. The van der Waals surface area contributed by atoms with E-state index in [0.717, 1.165) is 55.2 Å². The number of likely N-dealkylation sites (N-methyl/N-ethyl adjacent to an activating group) is 1. The normalized spacial score (nSPS) is 21.9. The van der Waals surface area contributed by atoms with Crippen LogP contribution in [0.25, 0.3) is 0 Å². The Labute approximate surface area is 202 Å². The molecule has 0 radical (unpaired) electrons. The van der Waals surface area contributed by atoms with E-state index in [4.69, 9.17) is 4.74 Å². The zero-order valence-electron chi connectivity index (χ0n) is 20.1. The zero-order valence-corrected chi connectivity index (χ0v) is 21.0. The first-order valence-corrected chi connectivity index (χ1v) is 13.2. The van der Waals surface area contributed by atoms with Gasteiger partial charge in [0, 0.05) is 12.3 Å². The van der Waals surface area contributed by atoms with Crippen LogP contribution in [-0.4, -0.2) is 61.8 Å². The highest BCUT2D eigenvalue weighted by molar-refractivity contribution is 7.85. The molecule has 1 aliphatic carbocycles. The molecule has 1 saturated carbocycles. The second-order valence-electron chi connectivity index (χ2n) is 10.0. The van der Waals surface area contributed by atoms with Gasteiger partial charge in [-0.05, 0) is 37.5 Å². The standard InChI is InChI=1S/C19H28NO3.C7H8O3S/c1-20(2)13-12-17(14-20)23-18(21)19(22,16-10-6-7-11-16)15-8-4-3-5-9-15;1-6-2-4-7(5-3-6)11(8,9)10/h3-5,8-9,16-17,22H,6-7,10-14H2,1-2H3;2-5H,1H3,(H,8,9,10)/q+1;/p-1/t17-,19?;/m1./s1. The molecule has 2 aromatic rings. The van der Waals surface area contributed by atoms with Crippen molar-refractivity contribution in [2.45, 2.75) is 55.6 Å². The quantitative estimate of drug-likeness (QED) is 0.392. The summed E-state index contributed by atoms with van der Waals surface area (Å²) in [4.78, 5) is 12.8. The maximum absolute atomic E-state index is 12.9. The second kappa shape index (κ2) is 10.6. The monoisotopic (exact) mass is 489 g/mol. The number of nitrogens with zero attached hydrogens (tertiary/aromatic N) is 1. The number of carbonyl (C=O) groups is 1. The van der Waals surface area contributed by atoms with Gasteiger partial charge in [-0.3, -0.25) is 0 Å². The summed E-state index contributed by atoms with van der Waals surface area (Å²) in [6.07, 6.45) is 4.68. The number of likely N-dealkylation sites (tertiary alicyclic amines) is 1. The van der Waals surface area contributed by atoms with E-state index in [1.807, 2.05) is 37.3 Å². The predicted molar refractivity (Wildman–Crippen MR) is 128 cm³/mol. The molecule has 4 rings (SSSR count). The topological polar surface area (TPSA) is 104 Å². The maximum Gasteiger partial charge on any atom is 0.343 e. The van der Waals surface area contributed by atoms with Gasteiger partial charge in [-0.15, -0.1) is 0 Å². The lowest BCUT2D eigenvalue weighted by molar-refractivity contribution is -0.879. The molecule has 1 heterocycles. The number of aliphatic hydroxyl groups is 1. The Kier molecular flexibility index (Phi) is 8.18. The van der Waals surface area contributed by atoms with Gasteiger partial charge < -0.3 is 18.9 Å². The first-order chi connectivity index (χ1) is 15.9. The van der Waals surface area contributed by atoms with Crippen molar-refractivity contribution < 1.29 is 32.1 Å². The Morgan fingerprint density at radius 2 is 1.62 bits per heavy atom. The van der Waals surface area contributed by atoms with Crippen molar-refractivity contribution in [1.29, 1.82) is 0 Å². The van der Waals surface area contributed by atoms with Crippen LogP contribution in [0.3, 0.4) is 0 Å². The van der Waals surface area contributed by atoms with Crippen molar-refractivity contribution in [1.82, 2.24) is 0 Å². The number of quaternary nitrogens is 1. The van der Waals surface area contributed by atoms with Crippen LogP contribution >= 0.6 is 0 Å². The van der Waals surface area contributed by atoms with Gasteiger partial charge in [0.1, 0.15) is 16.7 Å². The number of aryl methyl sites for hydroxylation is 1. The zero-order chi connectivity index (χ0) is 25.0. The fourth-order valence-electron chi connectivity index (χ4n) is 4.83. The lowest BCUT2D eigenvalue weighted by Gasteiger charge is -2.33. The van der Waals surface area contributed by atoms with E-state index in [0.29, 0.717) is 5.56 Å². The van der Waals surface area contributed by atoms with Gasteiger partial charge in [0.05, 0.1) is 25.5 Å². The average Bonchev–Trinajstić information content (AvgIpc) is 3.44. The third kappa shape index (κ3) is 6.44. The molecule has 1 saturated heterocycles. The lowest BCUT2D eigenvalue weighted by atomic mass is 9.80. The molecule has 0 spiro atoms. The Hall–Kier alpha value is -2.26. The molecule has 2 atom stereocenters. The van der Waals surface area contributed by atoms with Crippen LogP contribution in [0.2, 0.25) is 0 Å². The molecule has 1 N–H and O–H groups in total. The van der Waals surface area contributed by atoms with E-state index < -0.39 is 21.7 Å². The molecule has 0 aromatic heterocycles. The summed E-state index contributed by atoms with van der Waals surface area (Å²) in [5, 5.41) is 11.4. The molecule has 0 amide bonds. The number of rotatable bonds is 5. The number of hydrogen-bond acceptors (Lipinski definition) is 6. The Morgan fingerprint density at radius 1 is 1.03 bits per heavy atom. The lowest BCUT2D eigenvalue weighted by Crippen LogP contribution is -2.46. The summed E-state index contributed by atoms with van der Waals surface area (Å²) in [7, 11) is 0.0245. The summed E-state index contributed by atoms with van der Waals surface area (Å²) in [5.41, 5.74) is 0.0957. The Morgan fingerprint density at radius 3 is 2.12 bits per heavy atom. The molecule has 2 aliphatic rings. The van der Waals surface area contributed by atoms with E-state index in [2.05, 4.69) is 14.1 Å². The van der Waals surface area contributed by atoms with Crippen molar-refractivity contribution in [2.75, 3.05) is 27.2 Å². The minimum Gasteiger partial charge on any atom is -0.744 e. The first-order valence-electron chi connectivity index (χ1n) is 11.8.